The standard InChI is InChI=1S/C12H11F3N2O2S/c13-12(14,15)8-1-2-9(16-7-8)20-6-5-17-10(18)3-4-11(17)19/h1-2,7H,3-6H2. The number of amides is 2. The van der Waals surface area contributed by atoms with Gasteiger partial charge < -0.3 is 0 Å². The van der Waals surface area contributed by atoms with Crippen LogP contribution < -0.4 is 0 Å². The molecular formula is C12H11F3N2O2S. The van der Waals surface area contributed by atoms with Crippen LogP contribution in [-0.4, -0.2) is 34.0 Å². The molecule has 1 aliphatic heterocycles. The van der Waals surface area contributed by atoms with Crippen LogP contribution in [0.1, 0.15) is 18.4 Å². The number of halogens is 3. The normalized spacial score (nSPS) is 16.1. The van der Waals surface area contributed by atoms with Crippen LogP contribution in [0.5, 0.6) is 0 Å². The lowest BCUT2D eigenvalue weighted by atomic mass is 10.3. The highest BCUT2D eigenvalue weighted by Gasteiger charge is 2.31. The average Bonchev–Trinajstić information content (AvgIpc) is 2.70. The molecule has 1 aliphatic rings. The van der Waals surface area contributed by atoms with Gasteiger partial charge in [0.15, 0.2) is 0 Å². The van der Waals surface area contributed by atoms with Gasteiger partial charge in [0.1, 0.15) is 0 Å². The van der Waals surface area contributed by atoms with E-state index in [1.165, 1.54) is 22.7 Å². The molecule has 0 spiro atoms. The molecule has 4 nitrogen and oxygen atoms in total. The summed E-state index contributed by atoms with van der Waals surface area (Å²) in [5.74, 6) is 0.0162. The van der Waals surface area contributed by atoms with E-state index in [-0.39, 0.29) is 31.2 Å². The molecule has 1 fully saturated rings. The van der Waals surface area contributed by atoms with Crippen molar-refractivity contribution in [1.29, 1.82) is 0 Å². The fraction of sp³-hybridized carbons (Fsp3) is 0.417. The highest BCUT2D eigenvalue weighted by molar-refractivity contribution is 7.99. The van der Waals surface area contributed by atoms with Crippen molar-refractivity contribution in [3.63, 3.8) is 0 Å². The number of imide groups is 1. The Kier molecular flexibility index (Phi) is 4.32. The van der Waals surface area contributed by atoms with Crippen LogP contribution in [0.4, 0.5) is 13.2 Å². The van der Waals surface area contributed by atoms with Crippen LogP contribution in [0.3, 0.4) is 0 Å². The second-order valence-corrected chi connectivity index (χ2v) is 5.29. The summed E-state index contributed by atoms with van der Waals surface area (Å²) in [4.78, 5) is 27.6. The number of alkyl halides is 3. The van der Waals surface area contributed by atoms with Crippen LogP contribution in [0.2, 0.25) is 0 Å². The van der Waals surface area contributed by atoms with Gasteiger partial charge in [0.25, 0.3) is 0 Å². The summed E-state index contributed by atoms with van der Waals surface area (Å²) >= 11 is 1.21. The molecule has 1 saturated heterocycles. The monoisotopic (exact) mass is 304 g/mol. The molecule has 0 aromatic carbocycles. The molecule has 0 atom stereocenters. The first-order chi connectivity index (χ1) is 9.38. The second-order valence-electron chi connectivity index (χ2n) is 4.17. The molecule has 2 heterocycles. The Morgan fingerprint density at radius 1 is 1.20 bits per heavy atom. The van der Waals surface area contributed by atoms with Crippen molar-refractivity contribution < 1.29 is 22.8 Å². The van der Waals surface area contributed by atoms with Crippen molar-refractivity contribution in [3.8, 4) is 0 Å². The average molecular weight is 304 g/mol. The molecule has 0 unspecified atom stereocenters. The number of carbonyl (C=O) groups excluding carboxylic acids is 2. The Hall–Kier alpha value is -1.57. The van der Waals surface area contributed by atoms with Crippen LogP contribution in [0, 0.1) is 0 Å². The maximum absolute atomic E-state index is 12.3. The number of rotatable bonds is 4. The highest BCUT2D eigenvalue weighted by atomic mass is 32.2. The maximum Gasteiger partial charge on any atom is 0.417 e. The Balaban J connectivity index is 1.85. The molecule has 0 saturated carbocycles. The number of carbonyl (C=O) groups is 2. The fourth-order valence-electron chi connectivity index (χ4n) is 1.75. The zero-order valence-electron chi connectivity index (χ0n) is 10.3. The molecule has 1 aromatic heterocycles. The predicted molar refractivity (Wildman–Crippen MR) is 65.9 cm³/mol. The minimum Gasteiger partial charge on any atom is -0.282 e. The first kappa shape index (κ1) is 14.8. The third-order valence-corrected chi connectivity index (χ3v) is 3.71. The van der Waals surface area contributed by atoms with Gasteiger partial charge in [-0.1, -0.05) is 0 Å². The minimum atomic E-state index is -4.40. The van der Waals surface area contributed by atoms with Crippen molar-refractivity contribution in [2.45, 2.75) is 24.0 Å². The van der Waals surface area contributed by atoms with E-state index in [4.69, 9.17) is 0 Å². The van der Waals surface area contributed by atoms with Crippen LogP contribution >= 0.6 is 11.8 Å². The zero-order valence-corrected chi connectivity index (χ0v) is 11.1. The molecule has 0 aliphatic carbocycles. The van der Waals surface area contributed by atoms with Gasteiger partial charge in [0.2, 0.25) is 11.8 Å². The summed E-state index contributed by atoms with van der Waals surface area (Å²) in [7, 11) is 0. The first-order valence-electron chi connectivity index (χ1n) is 5.87. The largest absolute Gasteiger partial charge is 0.417 e. The summed E-state index contributed by atoms with van der Waals surface area (Å²) in [6, 6.07) is 2.24. The minimum absolute atomic E-state index is 0.198. The molecule has 0 radical (unpaired) electrons. The lowest BCUT2D eigenvalue weighted by molar-refractivity contribution is -0.139. The molecule has 1 aromatic rings. The molecule has 108 valence electrons. The number of pyridine rings is 1. The highest BCUT2D eigenvalue weighted by Crippen LogP contribution is 2.29. The van der Waals surface area contributed by atoms with Gasteiger partial charge in [0, 0.05) is 31.3 Å². The Morgan fingerprint density at radius 2 is 1.85 bits per heavy atom. The first-order valence-corrected chi connectivity index (χ1v) is 6.86. The van der Waals surface area contributed by atoms with Gasteiger partial charge in [-0.05, 0) is 12.1 Å². The van der Waals surface area contributed by atoms with Gasteiger partial charge in [-0.25, -0.2) is 4.98 Å². The Bertz CT molecular complexity index is 500. The zero-order chi connectivity index (χ0) is 14.8. The maximum atomic E-state index is 12.3. The fourth-order valence-corrected chi connectivity index (χ4v) is 2.52. The van der Waals surface area contributed by atoms with Crippen LogP contribution in [0.25, 0.3) is 0 Å². The molecule has 0 N–H and O–H groups in total. The summed E-state index contributed by atoms with van der Waals surface area (Å²) in [6.45, 7) is 0.255. The van der Waals surface area contributed by atoms with E-state index in [0.717, 1.165) is 12.3 Å². The number of thioether (sulfide) groups is 1. The second kappa shape index (κ2) is 5.82. The summed E-state index contributed by atoms with van der Waals surface area (Å²) in [5.41, 5.74) is -0.799. The van der Waals surface area contributed by atoms with Crippen molar-refractivity contribution in [2.75, 3.05) is 12.3 Å². The van der Waals surface area contributed by atoms with Crippen molar-refractivity contribution in [2.24, 2.45) is 0 Å². The quantitative estimate of drug-likeness (QED) is 0.633. The van der Waals surface area contributed by atoms with Crippen molar-refractivity contribution in [3.05, 3.63) is 23.9 Å². The lowest BCUT2D eigenvalue weighted by Gasteiger charge is -2.12. The van der Waals surface area contributed by atoms with Gasteiger partial charge in [-0.3, -0.25) is 14.5 Å². The summed E-state index contributed by atoms with van der Waals surface area (Å²) < 4.78 is 37.0. The lowest BCUT2D eigenvalue weighted by Crippen LogP contribution is -2.31. The van der Waals surface area contributed by atoms with Crippen LogP contribution in [0.15, 0.2) is 23.4 Å². The van der Waals surface area contributed by atoms with E-state index >= 15 is 0 Å². The molecular weight excluding hydrogens is 293 g/mol. The van der Waals surface area contributed by atoms with Gasteiger partial charge >= 0.3 is 6.18 Å². The van der Waals surface area contributed by atoms with Crippen LogP contribution in [-0.2, 0) is 15.8 Å². The third-order valence-electron chi connectivity index (χ3n) is 2.78. The number of nitrogens with zero attached hydrogens (tertiary/aromatic N) is 2. The third kappa shape index (κ3) is 3.50. The van der Waals surface area contributed by atoms with E-state index in [1.54, 1.807) is 0 Å². The topological polar surface area (TPSA) is 50.3 Å². The summed E-state index contributed by atoms with van der Waals surface area (Å²) in [5, 5.41) is 0.428. The number of likely N-dealkylation sites (tertiary alicyclic amines) is 1. The van der Waals surface area contributed by atoms with E-state index in [1.807, 2.05) is 0 Å². The van der Waals surface area contributed by atoms with Crippen molar-refractivity contribution >= 4 is 23.6 Å². The van der Waals surface area contributed by atoms with Gasteiger partial charge in [-0.15, -0.1) is 11.8 Å². The van der Waals surface area contributed by atoms with E-state index in [2.05, 4.69) is 4.98 Å². The van der Waals surface area contributed by atoms with Crippen molar-refractivity contribution in [1.82, 2.24) is 9.88 Å². The molecule has 0 bridgehead atoms. The summed E-state index contributed by atoms with van der Waals surface area (Å²) in [6.07, 6.45) is -3.15. The predicted octanol–water partition coefficient (Wildman–Crippen LogP) is 2.34. The Morgan fingerprint density at radius 3 is 2.35 bits per heavy atom. The van der Waals surface area contributed by atoms with Gasteiger partial charge in [0.05, 0.1) is 10.6 Å². The molecule has 8 heteroatoms. The molecule has 20 heavy (non-hydrogen) atoms. The number of aromatic nitrogens is 1. The Labute approximate surface area is 117 Å². The SMILES string of the molecule is O=C1CCC(=O)N1CCSc1ccc(C(F)(F)F)cn1. The van der Waals surface area contributed by atoms with E-state index < -0.39 is 11.7 Å². The van der Waals surface area contributed by atoms with E-state index in [0.29, 0.717) is 10.8 Å². The molecule has 2 amide bonds. The smallest absolute Gasteiger partial charge is 0.282 e. The molecule has 2 rings (SSSR count). The van der Waals surface area contributed by atoms with Gasteiger partial charge in [-0.2, -0.15) is 13.2 Å². The van der Waals surface area contributed by atoms with E-state index in [9.17, 15) is 22.8 Å². The number of hydrogen-bond acceptors (Lipinski definition) is 4. The number of hydrogen-bond donors (Lipinski definition) is 0.